The molecule has 1 fully saturated rings. The van der Waals surface area contributed by atoms with Crippen LogP contribution in [0.3, 0.4) is 0 Å². The van der Waals surface area contributed by atoms with Crippen LogP contribution in [-0.4, -0.2) is 38.9 Å². The lowest BCUT2D eigenvalue weighted by Crippen LogP contribution is -2.28. The molecule has 6 heteroatoms. The van der Waals surface area contributed by atoms with Crippen molar-refractivity contribution in [2.45, 2.75) is 56.9 Å². The van der Waals surface area contributed by atoms with Gasteiger partial charge in [-0.05, 0) is 49.3 Å². The summed E-state index contributed by atoms with van der Waals surface area (Å²) in [6, 6.07) is 6.93. The SMILES string of the molecule is CC(C)CCN(C)C(=O)CCc1ccc(S(=O)(=O)NC2CC2)cc1. The molecule has 0 atom stereocenters. The van der Waals surface area contributed by atoms with E-state index in [9.17, 15) is 13.2 Å². The molecule has 0 saturated heterocycles. The van der Waals surface area contributed by atoms with Crippen LogP contribution in [-0.2, 0) is 21.2 Å². The number of carbonyl (C=O) groups is 1. The van der Waals surface area contributed by atoms with Gasteiger partial charge in [0.25, 0.3) is 0 Å². The van der Waals surface area contributed by atoms with Crippen molar-refractivity contribution in [3.05, 3.63) is 29.8 Å². The monoisotopic (exact) mass is 352 g/mol. The third kappa shape index (κ3) is 5.91. The highest BCUT2D eigenvalue weighted by Gasteiger charge is 2.27. The Labute approximate surface area is 145 Å². The van der Waals surface area contributed by atoms with E-state index in [2.05, 4.69) is 18.6 Å². The van der Waals surface area contributed by atoms with Gasteiger partial charge in [0.15, 0.2) is 0 Å². The quantitative estimate of drug-likeness (QED) is 0.743. The van der Waals surface area contributed by atoms with Crippen molar-refractivity contribution < 1.29 is 13.2 Å². The van der Waals surface area contributed by atoms with Crippen molar-refractivity contribution in [1.82, 2.24) is 9.62 Å². The fourth-order valence-corrected chi connectivity index (χ4v) is 3.65. The van der Waals surface area contributed by atoms with Crippen molar-refractivity contribution in [3.63, 3.8) is 0 Å². The Balaban J connectivity index is 1.84. The maximum absolute atomic E-state index is 12.1. The molecule has 5 nitrogen and oxygen atoms in total. The standard InChI is InChI=1S/C18H28N2O3S/c1-14(2)12-13-20(3)18(21)11-6-15-4-9-17(10-5-15)24(22,23)19-16-7-8-16/h4-5,9-10,14,16,19H,6-8,11-13H2,1-3H3. The molecule has 0 heterocycles. The number of rotatable bonds is 9. The summed E-state index contributed by atoms with van der Waals surface area (Å²) < 4.78 is 26.9. The van der Waals surface area contributed by atoms with E-state index >= 15 is 0 Å². The summed E-state index contributed by atoms with van der Waals surface area (Å²) in [5, 5.41) is 0. The van der Waals surface area contributed by atoms with Crippen molar-refractivity contribution in [3.8, 4) is 0 Å². The van der Waals surface area contributed by atoms with Gasteiger partial charge in [-0.3, -0.25) is 4.79 Å². The maximum Gasteiger partial charge on any atom is 0.240 e. The van der Waals surface area contributed by atoms with Crippen molar-refractivity contribution in [2.24, 2.45) is 5.92 Å². The molecule has 0 unspecified atom stereocenters. The molecule has 1 N–H and O–H groups in total. The molecule has 24 heavy (non-hydrogen) atoms. The minimum Gasteiger partial charge on any atom is -0.346 e. The Morgan fingerprint density at radius 3 is 2.42 bits per heavy atom. The van der Waals surface area contributed by atoms with E-state index in [1.54, 1.807) is 29.2 Å². The zero-order valence-electron chi connectivity index (χ0n) is 14.8. The van der Waals surface area contributed by atoms with Gasteiger partial charge in [-0.1, -0.05) is 26.0 Å². The Morgan fingerprint density at radius 2 is 1.88 bits per heavy atom. The van der Waals surface area contributed by atoms with Crippen LogP contribution in [0.5, 0.6) is 0 Å². The number of hydrogen-bond acceptors (Lipinski definition) is 3. The second-order valence-electron chi connectivity index (χ2n) is 7.04. The number of sulfonamides is 1. The Bertz CT molecular complexity index is 649. The molecule has 0 bridgehead atoms. The average molecular weight is 353 g/mol. The van der Waals surface area contributed by atoms with Gasteiger partial charge >= 0.3 is 0 Å². The van der Waals surface area contributed by atoms with Crippen LogP contribution >= 0.6 is 0 Å². The van der Waals surface area contributed by atoms with Gasteiger partial charge in [-0.2, -0.15) is 0 Å². The molecule has 0 aliphatic heterocycles. The summed E-state index contributed by atoms with van der Waals surface area (Å²) in [5.74, 6) is 0.710. The Hall–Kier alpha value is -1.40. The number of nitrogens with one attached hydrogen (secondary N) is 1. The van der Waals surface area contributed by atoms with Gasteiger partial charge in [0.05, 0.1) is 4.90 Å². The summed E-state index contributed by atoms with van der Waals surface area (Å²) in [5.41, 5.74) is 0.978. The molecule has 0 spiro atoms. The minimum atomic E-state index is -3.40. The number of aryl methyl sites for hydroxylation is 1. The topological polar surface area (TPSA) is 66.5 Å². The molecule has 1 aromatic carbocycles. The molecule has 1 saturated carbocycles. The lowest BCUT2D eigenvalue weighted by molar-refractivity contribution is -0.130. The van der Waals surface area contributed by atoms with E-state index in [4.69, 9.17) is 0 Å². The molecule has 0 aromatic heterocycles. The highest BCUT2D eigenvalue weighted by Crippen LogP contribution is 2.22. The first kappa shape index (κ1) is 18.9. The fourth-order valence-electron chi connectivity index (χ4n) is 2.34. The molecule has 0 radical (unpaired) electrons. The van der Waals surface area contributed by atoms with Crippen LogP contribution in [0.1, 0.15) is 45.1 Å². The van der Waals surface area contributed by atoms with Crippen molar-refractivity contribution >= 4 is 15.9 Å². The van der Waals surface area contributed by atoms with Gasteiger partial charge < -0.3 is 4.90 Å². The molecule has 2 rings (SSSR count). The number of benzene rings is 1. The second kappa shape index (κ2) is 8.12. The smallest absolute Gasteiger partial charge is 0.240 e. The number of carbonyl (C=O) groups excluding carboxylic acids is 1. The molecular formula is C18H28N2O3S. The number of nitrogens with zero attached hydrogens (tertiary/aromatic N) is 1. The first-order chi connectivity index (χ1) is 11.3. The highest BCUT2D eigenvalue weighted by molar-refractivity contribution is 7.89. The summed E-state index contributed by atoms with van der Waals surface area (Å²) in [7, 11) is -1.56. The molecule has 1 aliphatic carbocycles. The van der Waals surface area contributed by atoms with Gasteiger partial charge in [-0.25, -0.2) is 13.1 Å². The summed E-state index contributed by atoms with van der Waals surface area (Å²) in [6.45, 7) is 5.07. The van der Waals surface area contributed by atoms with Crippen LogP contribution in [0.25, 0.3) is 0 Å². The number of amides is 1. The van der Waals surface area contributed by atoms with E-state index in [1.807, 2.05) is 7.05 Å². The van der Waals surface area contributed by atoms with Crippen molar-refractivity contribution in [2.75, 3.05) is 13.6 Å². The third-order valence-electron chi connectivity index (χ3n) is 4.23. The number of hydrogen-bond donors (Lipinski definition) is 1. The zero-order valence-corrected chi connectivity index (χ0v) is 15.6. The maximum atomic E-state index is 12.1. The van der Waals surface area contributed by atoms with E-state index in [0.29, 0.717) is 23.7 Å². The van der Waals surface area contributed by atoms with E-state index < -0.39 is 10.0 Å². The van der Waals surface area contributed by atoms with E-state index in [0.717, 1.165) is 31.4 Å². The Kier molecular flexibility index (Phi) is 6.40. The van der Waals surface area contributed by atoms with Gasteiger partial charge in [-0.15, -0.1) is 0 Å². The van der Waals surface area contributed by atoms with Crippen LogP contribution in [0.2, 0.25) is 0 Å². The Morgan fingerprint density at radius 1 is 1.25 bits per heavy atom. The molecular weight excluding hydrogens is 324 g/mol. The minimum absolute atomic E-state index is 0.105. The van der Waals surface area contributed by atoms with Crippen LogP contribution < -0.4 is 4.72 Å². The zero-order chi connectivity index (χ0) is 17.7. The molecule has 1 aromatic rings. The van der Waals surface area contributed by atoms with Crippen molar-refractivity contribution in [1.29, 1.82) is 0 Å². The van der Waals surface area contributed by atoms with E-state index in [-0.39, 0.29) is 11.9 Å². The van der Waals surface area contributed by atoms with Gasteiger partial charge in [0, 0.05) is 26.1 Å². The largest absolute Gasteiger partial charge is 0.346 e. The highest BCUT2D eigenvalue weighted by atomic mass is 32.2. The van der Waals surface area contributed by atoms with Gasteiger partial charge in [0.1, 0.15) is 0 Å². The summed E-state index contributed by atoms with van der Waals surface area (Å²) in [4.78, 5) is 14.2. The molecule has 1 amide bonds. The predicted molar refractivity (Wildman–Crippen MR) is 95.2 cm³/mol. The van der Waals surface area contributed by atoms with E-state index in [1.165, 1.54) is 0 Å². The normalized spacial score (nSPS) is 14.8. The first-order valence-electron chi connectivity index (χ1n) is 8.63. The lowest BCUT2D eigenvalue weighted by Gasteiger charge is -2.18. The third-order valence-corrected chi connectivity index (χ3v) is 5.76. The first-order valence-corrected chi connectivity index (χ1v) is 10.1. The van der Waals surface area contributed by atoms with Crippen LogP contribution in [0.15, 0.2) is 29.2 Å². The molecule has 1 aliphatic rings. The lowest BCUT2D eigenvalue weighted by atomic mass is 10.1. The second-order valence-corrected chi connectivity index (χ2v) is 8.75. The van der Waals surface area contributed by atoms with Gasteiger partial charge in [0.2, 0.25) is 15.9 Å². The summed E-state index contributed by atoms with van der Waals surface area (Å²) >= 11 is 0. The summed E-state index contributed by atoms with van der Waals surface area (Å²) in [6.07, 6.45) is 3.92. The average Bonchev–Trinajstić information content (AvgIpc) is 3.33. The van der Waals surface area contributed by atoms with Crippen LogP contribution in [0, 0.1) is 5.92 Å². The molecule has 134 valence electrons. The predicted octanol–water partition coefficient (Wildman–Crippen LogP) is 2.56. The van der Waals surface area contributed by atoms with Crippen LogP contribution in [0.4, 0.5) is 0 Å². The fraction of sp³-hybridized carbons (Fsp3) is 0.611.